The molecule has 2 rings (SSSR count). The van der Waals surface area contributed by atoms with Crippen LogP contribution in [0.2, 0.25) is 0 Å². The van der Waals surface area contributed by atoms with Gasteiger partial charge in [-0.15, -0.1) is 0 Å². The summed E-state index contributed by atoms with van der Waals surface area (Å²) in [5, 5.41) is 0. The zero-order chi connectivity index (χ0) is 18.3. The quantitative estimate of drug-likeness (QED) is 0.780. The van der Waals surface area contributed by atoms with Gasteiger partial charge in [-0.25, -0.2) is 13.1 Å². The average molecular weight is 361 g/mol. The summed E-state index contributed by atoms with van der Waals surface area (Å²) in [5.41, 5.74) is 1.98. The maximum atomic E-state index is 12.3. The molecule has 6 nitrogen and oxygen atoms in total. The molecule has 0 aliphatic rings. The lowest BCUT2D eigenvalue weighted by molar-refractivity contribution is -0.129. The van der Waals surface area contributed by atoms with Gasteiger partial charge in [0.15, 0.2) is 0 Å². The highest BCUT2D eigenvalue weighted by Crippen LogP contribution is 2.11. The number of carbonyl (C=O) groups excluding carboxylic acids is 1. The Bertz CT molecular complexity index is 790. The van der Waals surface area contributed by atoms with Gasteiger partial charge in [0, 0.05) is 39.0 Å². The van der Waals surface area contributed by atoms with Crippen molar-refractivity contribution in [2.75, 3.05) is 13.1 Å². The van der Waals surface area contributed by atoms with Gasteiger partial charge in [-0.05, 0) is 35.7 Å². The van der Waals surface area contributed by atoms with Crippen molar-refractivity contribution >= 4 is 15.9 Å². The lowest BCUT2D eigenvalue weighted by Crippen LogP contribution is -2.37. The number of hydrogen-bond donors (Lipinski definition) is 1. The highest BCUT2D eigenvalue weighted by molar-refractivity contribution is 7.89. The van der Waals surface area contributed by atoms with E-state index >= 15 is 0 Å². The predicted octanol–water partition coefficient (Wildman–Crippen LogP) is 1.97. The van der Waals surface area contributed by atoms with Gasteiger partial charge in [0.1, 0.15) is 0 Å². The minimum Gasteiger partial charge on any atom is -0.337 e. The molecule has 0 radical (unpaired) electrons. The van der Waals surface area contributed by atoms with Crippen molar-refractivity contribution in [2.45, 2.75) is 31.7 Å². The summed E-state index contributed by atoms with van der Waals surface area (Å²) in [6, 6.07) is 10.5. The Morgan fingerprint density at radius 1 is 1.16 bits per heavy atom. The Kier molecular flexibility index (Phi) is 6.66. The van der Waals surface area contributed by atoms with Crippen LogP contribution in [0, 0.1) is 0 Å². The molecule has 0 unspecified atom stereocenters. The average Bonchev–Trinajstić information content (AvgIpc) is 2.61. The van der Waals surface area contributed by atoms with E-state index in [1.54, 1.807) is 47.6 Å². The Balaban J connectivity index is 1.95. The number of aryl methyl sites for hydroxylation is 1. The Morgan fingerprint density at radius 2 is 1.88 bits per heavy atom. The smallest absolute Gasteiger partial charge is 0.240 e. The van der Waals surface area contributed by atoms with Gasteiger partial charge in [0.05, 0.1) is 4.90 Å². The molecule has 1 aromatic heterocycles. The summed E-state index contributed by atoms with van der Waals surface area (Å²) < 4.78 is 27.2. The highest BCUT2D eigenvalue weighted by atomic mass is 32.2. The van der Waals surface area contributed by atoms with E-state index in [-0.39, 0.29) is 23.9 Å². The fourth-order valence-electron chi connectivity index (χ4n) is 2.36. The number of nitrogens with zero attached hydrogens (tertiary/aromatic N) is 2. The van der Waals surface area contributed by atoms with Crippen molar-refractivity contribution in [2.24, 2.45) is 0 Å². The first-order valence-corrected chi connectivity index (χ1v) is 9.63. The van der Waals surface area contributed by atoms with Crippen molar-refractivity contribution in [3.8, 4) is 0 Å². The summed E-state index contributed by atoms with van der Waals surface area (Å²) in [7, 11) is -3.58. The molecule has 0 saturated carbocycles. The van der Waals surface area contributed by atoms with E-state index in [1.807, 2.05) is 13.0 Å². The molecule has 0 aliphatic heterocycles. The van der Waals surface area contributed by atoms with Crippen molar-refractivity contribution in [3.63, 3.8) is 0 Å². The molecule has 0 fully saturated rings. The van der Waals surface area contributed by atoms with Crippen LogP contribution in [0.25, 0.3) is 0 Å². The zero-order valence-corrected chi connectivity index (χ0v) is 15.3. The van der Waals surface area contributed by atoms with Gasteiger partial charge in [-0.2, -0.15) is 0 Å². The van der Waals surface area contributed by atoms with E-state index < -0.39 is 10.0 Å². The lowest BCUT2D eigenvalue weighted by Gasteiger charge is -2.21. The summed E-state index contributed by atoms with van der Waals surface area (Å²) >= 11 is 0. The SMILES string of the molecule is CCc1ccc(S(=O)(=O)NCCN(Cc2cccnc2)C(C)=O)cc1. The molecule has 0 atom stereocenters. The number of pyridine rings is 1. The second-order valence-electron chi connectivity index (χ2n) is 5.70. The van der Waals surface area contributed by atoms with Crippen LogP contribution in [0.15, 0.2) is 53.7 Å². The number of aromatic nitrogens is 1. The van der Waals surface area contributed by atoms with E-state index in [2.05, 4.69) is 9.71 Å². The Morgan fingerprint density at radius 3 is 2.44 bits per heavy atom. The van der Waals surface area contributed by atoms with Crippen LogP contribution in [0.5, 0.6) is 0 Å². The van der Waals surface area contributed by atoms with Crippen LogP contribution in [0.3, 0.4) is 0 Å². The fourth-order valence-corrected chi connectivity index (χ4v) is 3.38. The molecule has 1 N–H and O–H groups in total. The van der Waals surface area contributed by atoms with Gasteiger partial charge in [-0.3, -0.25) is 9.78 Å². The molecule has 0 saturated heterocycles. The molecular formula is C18H23N3O3S. The number of rotatable bonds is 8. The minimum atomic E-state index is -3.58. The van der Waals surface area contributed by atoms with Crippen molar-refractivity contribution < 1.29 is 13.2 Å². The predicted molar refractivity (Wildman–Crippen MR) is 96.3 cm³/mol. The standard InChI is InChI=1S/C18H23N3O3S/c1-3-16-6-8-18(9-7-16)25(23,24)20-11-12-21(15(2)22)14-17-5-4-10-19-13-17/h4-10,13,20H,3,11-12,14H2,1-2H3. The molecule has 0 spiro atoms. The number of carbonyl (C=O) groups is 1. The molecule has 1 amide bonds. The summed E-state index contributed by atoms with van der Waals surface area (Å²) in [4.78, 5) is 17.6. The maximum Gasteiger partial charge on any atom is 0.240 e. The van der Waals surface area contributed by atoms with E-state index in [0.717, 1.165) is 17.5 Å². The fraction of sp³-hybridized carbons (Fsp3) is 0.333. The monoisotopic (exact) mass is 361 g/mol. The molecule has 0 bridgehead atoms. The van der Waals surface area contributed by atoms with Gasteiger partial charge >= 0.3 is 0 Å². The largest absolute Gasteiger partial charge is 0.337 e. The molecule has 1 aromatic carbocycles. The topological polar surface area (TPSA) is 79.4 Å². The van der Waals surface area contributed by atoms with E-state index in [9.17, 15) is 13.2 Å². The maximum absolute atomic E-state index is 12.3. The highest BCUT2D eigenvalue weighted by Gasteiger charge is 2.15. The Labute approximate surface area is 148 Å². The second kappa shape index (κ2) is 8.73. The molecule has 134 valence electrons. The third-order valence-corrected chi connectivity index (χ3v) is 5.33. The minimum absolute atomic E-state index is 0.115. The van der Waals surface area contributed by atoms with E-state index in [4.69, 9.17) is 0 Å². The summed E-state index contributed by atoms with van der Waals surface area (Å²) in [5.74, 6) is -0.115. The van der Waals surface area contributed by atoms with E-state index in [0.29, 0.717) is 6.54 Å². The van der Waals surface area contributed by atoms with E-state index in [1.165, 1.54) is 6.92 Å². The van der Waals surface area contributed by atoms with Crippen molar-refractivity contribution in [3.05, 3.63) is 59.9 Å². The lowest BCUT2D eigenvalue weighted by atomic mass is 10.2. The van der Waals surface area contributed by atoms with Gasteiger partial charge in [-0.1, -0.05) is 25.1 Å². The molecule has 7 heteroatoms. The van der Waals surface area contributed by atoms with Crippen molar-refractivity contribution in [1.29, 1.82) is 0 Å². The summed E-state index contributed by atoms with van der Waals surface area (Å²) in [6.45, 7) is 4.32. The third kappa shape index (κ3) is 5.65. The summed E-state index contributed by atoms with van der Waals surface area (Å²) in [6.07, 6.45) is 4.21. The molecule has 2 aromatic rings. The number of benzene rings is 1. The Hall–Kier alpha value is -2.25. The van der Waals surface area contributed by atoms with Crippen LogP contribution in [-0.2, 0) is 27.8 Å². The molecule has 25 heavy (non-hydrogen) atoms. The first-order valence-electron chi connectivity index (χ1n) is 8.15. The van der Waals surface area contributed by atoms with Gasteiger partial charge < -0.3 is 4.90 Å². The zero-order valence-electron chi connectivity index (χ0n) is 14.5. The van der Waals surface area contributed by atoms with Gasteiger partial charge in [0.2, 0.25) is 15.9 Å². The van der Waals surface area contributed by atoms with Crippen LogP contribution in [0.1, 0.15) is 25.0 Å². The second-order valence-corrected chi connectivity index (χ2v) is 7.46. The van der Waals surface area contributed by atoms with Crippen molar-refractivity contribution in [1.82, 2.24) is 14.6 Å². The van der Waals surface area contributed by atoms with Gasteiger partial charge in [0.25, 0.3) is 0 Å². The third-order valence-electron chi connectivity index (χ3n) is 3.86. The van der Waals surface area contributed by atoms with Crippen LogP contribution >= 0.6 is 0 Å². The number of hydrogen-bond acceptors (Lipinski definition) is 4. The van der Waals surface area contributed by atoms with Crippen LogP contribution in [0.4, 0.5) is 0 Å². The molecular weight excluding hydrogens is 338 g/mol. The van der Waals surface area contributed by atoms with Crippen LogP contribution < -0.4 is 4.72 Å². The van der Waals surface area contributed by atoms with Crippen LogP contribution in [-0.4, -0.2) is 37.3 Å². The first-order chi connectivity index (χ1) is 11.9. The number of sulfonamides is 1. The normalized spacial score (nSPS) is 11.3. The first kappa shape index (κ1) is 19.1. The molecule has 1 heterocycles. The molecule has 0 aliphatic carbocycles. The number of amides is 1. The number of nitrogens with one attached hydrogen (secondary N) is 1.